The van der Waals surface area contributed by atoms with Gasteiger partial charge in [0.2, 0.25) is 0 Å². The Labute approximate surface area is 144 Å². The van der Waals surface area contributed by atoms with Crippen molar-refractivity contribution >= 4 is 5.91 Å². The van der Waals surface area contributed by atoms with Gasteiger partial charge < -0.3 is 15.0 Å². The highest BCUT2D eigenvalue weighted by Crippen LogP contribution is 2.21. The number of quaternary nitrogens is 1. The zero-order valence-corrected chi connectivity index (χ0v) is 14.5. The summed E-state index contributed by atoms with van der Waals surface area (Å²) >= 11 is 0. The van der Waals surface area contributed by atoms with Gasteiger partial charge in [0.15, 0.2) is 6.61 Å². The second-order valence-electron chi connectivity index (χ2n) is 5.74. The minimum atomic E-state index is -0.0753. The zero-order chi connectivity index (χ0) is 17.2. The Bertz CT molecular complexity index is 607. The molecule has 0 heterocycles. The SMILES string of the molecule is CC[NH+](CC)CCNC(=O)COc1ccc(-c2ccccc2)cc1. The van der Waals surface area contributed by atoms with E-state index < -0.39 is 0 Å². The van der Waals surface area contributed by atoms with E-state index in [0.29, 0.717) is 12.3 Å². The van der Waals surface area contributed by atoms with Crippen LogP contribution in [0.1, 0.15) is 13.8 Å². The van der Waals surface area contributed by atoms with Gasteiger partial charge in [-0.25, -0.2) is 0 Å². The molecule has 0 aliphatic heterocycles. The molecule has 2 aromatic rings. The fourth-order valence-electron chi connectivity index (χ4n) is 2.56. The Hall–Kier alpha value is -2.33. The van der Waals surface area contributed by atoms with Crippen LogP contribution in [0.25, 0.3) is 11.1 Å². The van der Waals surface area contributed by atoms with E-state index in [9.17, 15) is 4.79 Å². The van der Waals surface area contributed by atoms with E-state index in [4.69, 9.17) is 4.74 Å². The number of likely N-dealkylation sites (N-methyl/N-ethyl adjacent to an activating group) is 1. The second kappa shape index (κ2) is 9.73. The summed E-state index contributed by atoms with van der Waals surface area (Å²) in [4.78, 5) is 13.3. The lowest BCUT2D eigenvalue weighted by Crippen LogP contribution is -3.12. The van der Waals surface area contributed by atoms with Crippen molar-refractivity contribution in [2.24, 2.45) is 0 Å². The number of benzene rings is 2. The predicted octanol–water partition coefficient (Wildman–Crippen LogP) is 1.77. The molecule has 0 aromatic heterocycles. The number of nitrogens with one attached hydrogen (secondary N) is 2. The monoisotopic (exact) mass is 327 g/mol. The second-order valence-corrected chi connectivity index (χ2v) is 5.74. The summed E-state index contributed by atoms with van der Waals surface area (Å²) in [5.74, 6) is 0.632. The van der Waals surface area contributed by atoms with Gasteiger partial charge in [0, 0.05) is 0 Å². The number of carbonyl (C=O) groups is 1. The largest absolute Gasteiger partial charge is 0.484 e. The number of hydrogen-bond donors (Lipinski definition) is 2. The molecule has 0 radical (unpaired) electrons. The normalized spacial score (nSPS) is 10.6. The van der Waals surface area contributed by atoms with Gasteiger partial charge in [-0.3, -0.25) is 4.79 Å². The van der Waals surface area contributed by atoms with Crippen LogP contribution in [0.4, 0.5) is 0 Å². The maximum atomic E-state index is 11.8. The summed E-state index contributed by atoms with van der Waals surface area (Å²) in [6.07, 6.45) is 0. The molecule has 2 rings (SSSR count). The van der Waals surface area contributed by atoms with Gasteiger partial charge in [-0.2, -0.15) is 0 Å². The first-order valence-corrected chi connectivity index (χ1v) is 8.61. The highest BCUT2D eigenvalue weighted by Gasteiger charge is 2.06. The molecule has 4 heteroatoms. The lowest BCUT2D eigenvalue weighted by Gasteiger charge is -2.15. The van der Waals surface area contributed by atoms with Gasteiger partial charge >= 0.3 is 0 Å². The molecule has 24 heavy (non-hydrogen) atoms. The minimum absolute atomic E-state index is 0.0538. The average Bonchev–Trinajstić information content (AvgIpc) is 2.65. The number of amides is 1. The summed E-state index contributed by atoms with van der Waals surface area (Å²) in [5, 5.41) is 2.90. The molecule has 4 nitrogen and oxygen atoms in total. The van der Waals surface area contributed by atoms with Crippen LogP contribution in [-0.2, 0) is 4.79 Å². The van der Waals surface area contributed by atoms with Gasteiger partial charge in [0.25, 0.3) is 5.91 Å². The lowest BCUT2D eigenvalue weighted by molar-refractivity contribution is -0.895. The van der Waals surface area contributed by atoms with Crippen molar-refractivity contribution in [1.82, 2.24) is 5.32 Å². The van der Waals surface area contributed by atoms with E-state index in [1.807, 2.05) is 42.5 Å². The van der Waals surface area contributed by atoms with Gasteiger partial charge in [-0.1, -0.05) is 42.5 Å². The lowest BCUT2D eigenvalue weighted by atomic mass is 10.1. The van der Waals surface area contributed by atoms with Crippen molar-refractivity contribution in [3.05, 3.63) is 54.6 Å². The van der Waals surface area contributed by atoms with Crippen LogP contribution in [0, 0.1) is 0 Å². The fraction of sp³-hybridized carbons (Fsp3) is 0.350. The third-order valence-electron chi connectivity index (χ3n) is 4.13. The molecule has 0 unspecified atom stereocenters. The van der Waals surface area contributed by atoms with E-state index in [1.54, 1.807) is 0 Å². The Morgan fingerprint density at radius 3 is 2.21 bits per heavy atom. The van der Waals surface area contributed by atoms with Gasteiger partial charge in [-0.15, -0.1) is 0 Å². The van der Waals surface area contributed by atoms with Crippen molar-refractivity contribution in [2.45, 2.75) is 13.8 Å². The van der Waals surface area contributed by atoms with E-state index in [-0.39, 0.29) is 12.5 Å². The minimum Gasteiger partial charge on any atom is -0.484 e. The quantitative estimate of drug-likeness (QED) is 0.737. The molecule has 0 spiro atoms. The van der Waals surface area contributed by atoms with E-state index >= 15 is 0 Å². The van der Waals surface area contributed by atoms with E-state index in [1.165, 1.54) is 10.5 Å². The third kappa shape index (κ3) is 5.70. The Balaban J connectivity index is 1.75. The first-order chi connectivity index (χ1) is 11.7. The highest BCUT2D eigenvalue weighted by molar-refractivity contribution is 5.77. The topological polar surface area (TPSA) is 42.8 Å². The van der Waals surface area contributed by atoms with Crippen molar-refractivity contribution < 1.29 is 14.4 Å². The predicted molar refractivity (Wildman–Crippen MR) is 97.3 cm³/mol. The van der Waals surface area contributed by atoms with E-state index in [0.717, 1.165) is 25.2 Å². The van der Waals surface area contributed by atoms with Crippen molar-refractivity contribution in [2.75, 3.05) is 32.8 Å². The molecular formula is C20H27N2O2+. The maximum Gasteiger partial charge on any atom is 0.258 e. The molecular weight excluding hydrogens is 300 g/mol. The first-order valence-electron chi connectivity index (χ1n) is 8.61. The molecule has 0 fully saturated rings. The molecule has 0 atom stereocenters. The fourth-order valence-corrected chi connectivity index (χ4v) is 2.56. The Morgan fingerprint density at radius 1 is 0.958 bits per heavy atom. The molecule has 2 aromatic carbocycles. The van der Waals surface area contributed by atoms with Gasteiger partial charge in [-0.05, 0) is 37.1 Å². The summed E-state index contributed by atoms with van der Waals surface area (Å²) < 4.78 is 5.55. The maximum absolute atomic E-state index is 11.8. The molecule has 0 saturated heterocycles. The summed E-state index contributed by atoms with van der Waals surface area (Å²) in [6, 6.07) is 18.0. The number of rotatable bonds is 9. The molecule has 0 bridgehead atoms. The smallest absolute Gasteiger partial charge is 0.258 e. The molecule has 0 saturated carbocycles. The molecule has 0 aliphatic carbocycles. The van der Waals surface area contributed by atoms with Crippen LogP contribution in [0.3, 0.4) is 0 Å². The standard InChI is InChI=1S/C20H26N2O2/c1-3-22(4-2)15-14-21-20(23)16-24-19-12-10-18(11-13-19)17-8-6-5-7-9-17/h5-13H,3-4,14-16H2,1-2H3,(H,21,23)/p+1. The molecule has 0 aliphatic rings. The Kier molecular flexibility index (Phi) is 7.30. The Morgan fingerprint density at radius 2 is 1.58 bits per heavy atom. The van der Waals surface area contributed by atoms with Crippen LogP contribution in [0.2, 0.25) is 0 Å². The van der Waals surface area contributed by atoms with Crippen molar-refractivity contribution in [1.29, 1.82) is 0 Å². The summed E-state index contributed by atoms with van der Waals surface area (Å²) in [7, 11) is 0. The number of ether oxygens (including phenoxy) is 1. The highest BCUT2D eigenvalue weighted by atomic mass is 16.5. The van der Waals surface area contributed by atoms with Crippen LogP contribution >= 0.6 is 0 Å². The summed E-state index contributed by atoms with van der Waals surface area (Å²) in [6.45, 7) is 8.16. The van der Waals surface area contributed by atoms with Gasteiger partial charge in [0.05, 0.1) is 26.2 Å². The molecule has 1 amide bonds. The molecule has 2 N–H and O–H groups in total. The summed E-state index contributed by atoms with van der Waals surface area (Å²) in [5.41, 5.74) is 2.30. The van der Waals surface area contributed by atoms with Crippen molar-refractivity contribution in [3.63, 3.8) is 0 Å². The first kappa shape index (κ1) is 18.0. The van der Waals surface area contributed by atoms with Crippen molar-refractivity contribution in [3.8, 4) is 16.9 Å². The molecule has 128 valence electrons. The zero-order valence-electron chi connectivity index (χ0n) is 14.5. The average molecular weight is 327 g/mol. The van der Waals surface area contributed by atoms with Crippen LogP contribution in [-0.4, -0.2) is 38.7 Å². The number of carbonyl (C=O) groups excluding carboxylic acids is 1. The van der Waals surface area contributed by atoms with Gasteiger partial charge in [0.1, 0.15) is 5.75 Å². The van der Waals surface area contributed by atoms with E-state index in [2.05, 4.69) is 31.3 Å². The van der Waals surface area contributed by atoms with Crippen LogP contribution in [0.5, 0.6) is 5.75 Å². The number of hydrogen-bond acceptors (Lipinski definition) is 2. The van der Waals surface area contributed by atoms with Crippen LogP contribution in [0.15, 0.2) is 54.6 Å². The van der Waals surface area contributed by atoms with Crippen LogP contribution < -0.4 is 15.0 Å². The third-order valence-corrected chi connectivity index (χ3v) is 4.13.